The van der Waals surface area contributed by atoms with Crippen molar-refractivity contribution in [3.05, 3.63) is 0 Å². The molecular formula is C13H24F2O2. The van der Waals surface area contributed by atoms with Gasteiger partial charge in [0.25, 0.3) is 0 Å². The van der Waals surface area contributed by atoms with Crippen LogP contribution in [0.1, 0.15) is 57.8 Å². The molecule has 0 spiro atoms. The summed E-state index contributed by atoms with van der Waals surface area (Å²) in [5.41, 5.74) is 0. The molecule has 1 atom stereocenters. The summed E-state index contributed by atoms with van der Waals surface area (Å²) in [7, 11) is 0. The molecule has 0 aliphatic carbocycles. The van der Waals surface area contributed by atoms with Crippen LogP contribution in [0.5, 0.6) is 0 Å². The molecule has 1 rings (SSSR count). The summed E-state index contributed by atoms with van der Waals surface area (Å²) in [4.78, 5) is 0. The minimum absolute atomic E-state index is 0.0287. The summed E-state index contributed by atoms with van der Waals surface area (Å²) in [6.45, 7) is 1.59. The van der Waals surface area contributed by atoms with Crippen LogP contribution in [-0.2, 0) is 9.47 Å². The Labute approximate surface area is 103 Å². The van der Waals surface area contributed by atoms with Crippen molar-refractivity contribution in [2.45, 2.75) is 70.5 Å². The molecule has 17 heavy (non-hydrogen) atoms. The highest BCUT2D eigenvalue weighted by molar-refractivity contribution is 4.54. The molecule has 0 N–H and O–H groups in total. The highest BCUT2D eigenvalue weighted by Gasteiger charge is 2.14. The van der Waals surface area contributed by atoms with Crippen molar-refractivity contribution >= 4 is 0 Å². The van der Waals surface area contributed by atoms with Gasteiger partial charge in [-0.1, -0.05) is 25.7 Å². The van der Waals surface area contributed by atoms with Gasteiger partial charge in [-0.05, 0) is 19.3 Å². The molecule has 0 saturated carbocycles. The van der Waals surface area contributed by atoms with E-state index in [9.17, 15) is 8.78 Å². The van der Waals surface area contributed by atoms with Crippen LogP contribution in [0.3, 0.4) is 0 Å². The SMILES string of the molecule is FC(F)CCCCCCCCOC1CCCO1. The van der Waals surface area contributed by atoms with E-state index in [0.717, 1.165) is 58.2 Å². The molecule has 0 amide bonds. The Morgan fingerprint density at radius 3 is 2.41 bits per heavy atom. The normalized spacial score (nSPS) is 20.3. The third kappa shape index (κ3) is 8.50. The molecule has 0 radical (unpaired) electrons. The lowest BCUT2D eigenvalue weighted by Crippen LogP contribution is -2.11. The fraction of sp³-hybridized carbons (Fsp3) is 1.00. The standard InChI is InChI=1S/C13H24F2O2/c14-12(15)8-5-3-1-2-4-6-10-16-13-9-7-11-17-13/h12-13H,1-11H2. The lowest BCUT2D eigenvalue weighted by atomic mass is 10.1. The summed E-state index contributed by atoms with van der Waals surface area (Å²) >= 11 is 0. The summed E-state index contributed by atoms with van der Waals surface area (Å²) in [6.07, 6.45) is 6.03. The minimum Gasteiger partial charge on any atom is -0.353 e. The third-order valence-electron chi connectivity index (χ3n) is 3.01. The molecule has 0 bridgehead atoms. The second kappa shape index (κ2) is 9.77. The molecule has 1 aliphatic rings. The Bertz CT molecular complexity index is 171. The largest absolute Gasteiger partial charge is 0.353 e. The van der Waals surface area contributed by atoms with Crippen molar-refractivity contribution in [1.82, 2.24) is 0 Å². The zero-order valence-corrected chi connectivity index (χ0v) is 10.5. The quantitative estimate of drug-likeness (QED) is 0.543. The van der Waals surface area contributed by atoms with Crippen molar-refractivity contribution in [3.63, 3.8) is 0 Å². The van der Waals surface area contributed by atoms with E-state index in [0.29, 0.717) is 6.42 Å². The molecule has 1 fully saturated rings. The van der Waals surface area contributed by atoms with Gasteiger partial charge >= 0.3 is 0 Å². The van der Waals surface area contributed by atoms with Crippen molar-refractivity contribution in [2.75, 3.05) is 13.2 Å². The summed E-state index contributed by atoms with van der Waals surface area (Å²) < 4.78 is 34.5. The summed E-state index contributed by atoms with van der Waals surface area (Å²) in [5, 5.41) is 0. The Kier molecular flexibility index (Phi) is 8.53. The topological polar surface area (TPSA) is 18.5 Å². The molecule has 0 aromatic heterocycles. The summed E-state index contributed by atoms with van der Waals surface area (Å²) in [6, 6.07) is 0. The third-order valence-corrected chi connectivity index (χ3v) is 3.01. The Morgan fingerprint density at radius 1 is 1.06 bits per heavy atom. The first-order valence-electron chi connectivity index (χ1n) is 6.80. The molecule has 4 heteroatoms. The number of halogens is 2. The maximum Gasteiger partial charge on any atom is 0.238 e. The molecule has 1 heterocycles. The predicted molar refractivity (Wildman–Crippen MR) is 63.2 cm³/mol. The van der Waals surface area contributed by atoms with E-state index < -0.39 is 6.43 Å². The monoisotopic (exact) mass is 250 g/mol. The van der Waals surface area contributed by atoms with Gasteiger partial charge in [-0.2, -0.15) is 0 Å². The Hall–Kier alpha value is -0.220. The fourth-order valence-electron chi connectivity index (χ4n) is 2.00. The number of unbranched alkanes of at least 4 members (excludes halogenated alkanes) is 5. The highest BCUT2D eigenvalue weighted by Crippen LogP contribution is 2.14. The first kappa shape index (κ1) is 14.8. The Morgan fingerprint density at radius 2 is 1.76 bits per heavy atom. The number of alkyl halides is 2. The lowest BCUT2D eigenvalue weighted by molar-refractivity contribution is -0.111. The van der Waals surface area contributed by atoms with Crippen LogP contribution in [0.4, 0.5) is 8.78 Å². The zero-order valence-electron chi connectivity index (χ0n) is 10.5. The second-order valence-corrected chi connectivity index (χ2v) is 4.61. The Balaban J connectivity index is 1.72. The van der Waals surface area contributed by atoms with E-state index in [1.165, 1.54) is 0 Å². The molecule has 2 nitrogen and oxygen atoms in total. The van der Waals surface area contributed by atoms with Crippen LogP contribution in [-0.4, -0.2) is 25.9 Å². The first-order chi connectivity index (χ1) is 8.29. The average molecular weight is 250 g/mol. The number of hydrogen-bond acceptors (Lipinski definition) is 2. The highest BCUT2D eigenvalue weighted by atomic mass is 19.3. The number of hydrogen-bond donors (Lipinski definition) is 0. The first-order valence-corrected chi connectivity index (χ1v) is 6.80. The molecule has 102 valence electrons. The van der Waals surface area contributed by atoms with Gasteiger partial charge in [0, 0.05) is 26.1 Å². The molecule has 0 aromatic rings. The van der Waals surface area contributed by atoms with Crippen LogP contribution in [0, 0.1) is 0 Å². The second-order valence-electron chi connectivity index (χ2n) is 4.61. The molecule has 1 unspecified atom stereocenters. The molecule has 0 aromatic carbocycles. The number of ether oxygens (including phenoxy) is 2. The lowest BCUT2D eigenvalue weighted by Gasteiger charge is -2.10. The van der Waals surface area contributed by atoms with Gasteiger partial charge < -0.3 is 9.47 Å². The molecule has 1 saturated heterocycles. The number of rotatable bonds is 10. The predicted octanol–water partition coefficient (Wildman–Crippen LogP) is 4.14. The van der Waals surface area contributed by atoms with Crippen LogP contribution >= 0.6 is 0 Å². The van der Waals surface area contributed by atoms with Crippen LogP contribution in [0.2, 0.25) is 0 Å². The maximum absolute atomic E-state index is 11.8. The summed E-state index contributed by atoms with van der Waals surface area (Å²) in [5.74, 6) is 0. The fourth-order valence-corrected chi connectivity index (χ4v) is 2.00. The maximum atomic E-state index is 11.8. The molecular weight excluding hydrogens is 226 g/mol. The minimum atomic E-state index is -2.13. The van der Waals surface area contributed by atoms with Crippen LogP contribution < -0.4 is 0 Å². The average Bonchev–Trinajstić information content (AvgIpc) is 2.79. The van der Waals surface area contributed by atoms with Crippen molar-refractivity contribution in [1.29, 1.82) is 0 Å². The van der Waals surface area contributed by atoms with Crippen molar-refractivity contribution in [2.24, 2.45) is 0 Å². The van der Waals surface area contributed by atoms with Crippen LogP contribution in [0.25, 0.3) is 0 Å². The van der Waals surface area contributed by atoms with E-state index in [1.54, 1.807) is 0 Å². The van der Waals surface area contributed by atoms with Gasteiger partial charge in [0.2, 0.25) is 6.43 Å². The van der Waals surface area contributed by atoms with Crippen molar-refractivity contribution in [3.8, 4) is 0 Å². The van der Waals surface area contributed by atoms with E-state index >= 15 is 0 Å². The van der Waals surface area contributed by atoms with Crippen molar-refractivity contribution < 1.29 is 18.3 Å². The van der Waals surface area contributed by atoms with E-state index in [4.69, 9.17) is 9.47 Å². The van der Waals surface area contributed by atoms with Gasteiger partial charge in [-0.25, -0.2) is 8.78 Å². The van der Waals surface area contributed by atoms with E-state index in [1.807, 2.05) is 0 Å². The van der Waals surface area contributed by atoms with Crippen LogP contribution in [0.15, 0.2) is 0 Å². The van der Waals surface area contributed by atoms with E-state index in [-0.39, 0.29) is 12.7 Å². The van der Waals surface area contributed by atoms with Gasteiger partial charge in [0.05, 0.1) is 0 Å². The van der Waals surface area contributed by atoms with Gasteiger partial charge in [-0.15, -0.1) is 0 Å². The van der Waals surface area contributed by atoms with Gasteiger partial charge in [0.15, 0.2) is 6.29 Å². The zero-order chi connectivity index (χ0) is 12.3. The van der Waals surface area contributed by atoms with Gasteiger partial charge in [-0.3, -0.25) is 0 Å². The van der Waals surface area contributed by atoms with E-state index in [2.05, 4.69) is 0 Å². The smallest absolute Gasteiger partial charge is 0.238 e. The molecule has 1 aliphatic heterocycles. The van der Waals surface area contributed by atoms with Gasteiger partial charge in [0.1, 0.15) is 0 Å².